The number of rotatable bonds is 2. The van der Waals surface area contributed by atoms with Crippen molar-refractivity contribution in [2.45, 2.75) is 25.3 Å². The number of anilines is 1. The monoisotopic (exact) mass is 289 g/mol. The smallest absolute Gasteiger partial charge is 0.291 e. The molecule has 1 aliphatic carbocycles. The Hall–Kier alpha value is -1.89. The molecule has 1 fully saturated rings. The van der Waals surface area contributed by atoms with Crippen LogP contribution in [0, 0.1) is 5.92 Å². The Morgan fingerprint density at radius 3 is 3.05 bits per heavy atom. The molecule has 2 aromatic rings. The number of hydrogen-bond donors (Lipinski definition) is 2. The van der Waals surface area contributed by atoms with Gasteiger partial charge in [0.25, 0.3) is 5.91 Å². The van der Waals surface area contributed by atoms with Crippen LogP contribution in [-0.2, 0) is 6.42 Å². The largest absolute Gasteiger partial charge is 0.366 e. The number of nitrogens with one attached hydrogen (secondary N) is 1. The summed E-state index contributed by atoms with van der Waals surface area (Å²) < 4.78 is 0. The highest BCUT2D eigenvalue weighted by Gasteiger charge is 2.42. The van der Waals surface area contributed by atoms with Crippen molar-refractivity contribution in [3.8, 4) is 0 Å². The van der Waals surface area contributed by atoms with E-state index in [0.29, 0.717) is 5.92 Å². The summed E-state index contributed by atoms with van der Waals surface area (Å²) in [4.78, 5) is 20.0. The third-order valence-corrected chi connectivity index (χ3v) is 5.05. The van der Waals surface area contributed by atoms with Gasteiger partial charge in [0, 0.05) is 11.4 Å². The number of aromatic nitrogens is 3. The summed E-state index contributed by atoms with van der Waals surface area (Å²) in [5, 5.41) is 8.50. The van der Waals surface area contributed by atoms with Crippen LogP contribution in [0.25, 0.3) is 0 Å². The molecule has 0 aromatic carbocycles. The fraction of sp³-hybridized carbons (Fsp3) is 0.462. The van der Waals surface area contributed by atoms with Crippen molar-refractivity contribution in [1.82, 2.24) is 20.1 Å². The third kappa shape index (κ3) is 1.81. The molecule has 0 saturated heterocycles. The number of nitrogen functional groups attached to an aromatic ring is 1. The van der Waals surface area contributed by atoms with Gasteiger partial charge in [0.1, 0.15) is 0 Å². The van der Waals surface area contributed by atoms with Gasteiger partial charge in [-0.05, 0) is 42.2 Å². The van der Waals surface area contributed by atoms with E-state index in [0.717, 1.165) is 13.0 Å². The number of thiophene rings is 1. The molecule has 104 valence electrons. The Balaban J connectivity index is 1.69. The summed E-state index contributed by atoms with van der Waals surface area (Å²) in [6, 6.07) is 2.36. The van der Waals surface area contributed by atoms with E-state index < -0.39 is 0 Å². The second-order valence-corrected chi connectivity index (χ2v) is 6.37. The summed E-state index contributed by atoms with van der Waals surface area (Å²) in [6.07, 6.45) is 3.32. The fourth-order valence-electron chi connectivity index (χ4n) is 3.00. The molecule has 1 aliphatic heterocycles. The van der Waals surface area contributed by atoms with E-state index >= 15 is 0 Å². The SMILES string of the molecule is Nc1n[nH]c(C(=O)N2CCc3sccc3C2C2CC2)n1. The minimum Gasteiger partial charge on any atom is -0.366 e. The molecule has 1 unspecified atom stereocenters. The molecule has 7 heteroatoms. The van der Waals surface area contributed by atoms with Crippen molar-refractivity contribution in [3.05, 3.63) is 27.7 Å². The molecular formula is C13H15N5OS. The molecule has 3 heterocycles. The van der Waals surface area contributed by atoms with E-state index in [1.807, 2.05) is 4.90 Å². The highest BCUT2D eigenvalue weighted by atomic mass is 32.1. The number of carbonyl (C=O) groups is 1. The number of hydrogen-bond acceptors (Lipinski definition) is 5. The number of nitrogens with two attached hydrogens (primary N) is 1. The highest BCUT2D eigenvalue weighted by Crippen LogP contribution is 2.48. The zero-order valence-corrected chi connectivity index (χ0v) is 11.7. The normalized spacial score (nSPS) is 21.8. The predicted octanol–water partition coefficient (Wildman–Crippen LogP) is 1.60. The van der Waals surface area contributed by atoms with Gasteiger partial charge in [0.05, 0.1) is 6.04 Å². The molecule has 0 radical (unpaired) electrons. The molecule has 0 spiro atoms. The Kier molecular flexibility index (Phi) is 2.56. The molecule has 1 amide bonds. The first-order valence-electron chi connectivity index (χ1n) is 6.79. The van der Waals surface area contributed by atoms with Crippen LogP contribution in [0.2, 0.25) is 0 Å². The van der Waals surface area contributed by atoms with E-state index in [4.69, 9.17) is 5.73 Å². The quantitative estimate of drug-likeness (QED) is 0.879. The molecule has 20 heavy (non-hydrogen) atoms. The zero-order valence-electron chi connectivity index (χ0n) is 10.9. The molecule has 0 bridgehead atoms. The van der Waals surface area contributed by atoms with Crippen LogP contribution in [0.3, 0.4) is 0 Å². The topological polar surface area (TPSA) is 87.9 Å². The number of fused-ring (bicyclic) bond motifs is 1. The minimum atomic E-state index is -0.0945. The van der Waals surface area contributed by atoms with Gasteiger partial charge < -0.3 is 10.6 Å². The predicted molar refractivity (Wildman–Crippen MR) is 75.3 cm³/mol. The molecule has 3 N–H and O–H groups in total. The van der Waals surface area contributed by atoms with Crippen molar-refractivity contribution in [2.24, 2.45) is 5.92 Å². The summed E-state index contributed by atoms with van der Waals surface area (Å²) in [7, 11) is 0. The van der Waals surface area contributed by atoms with Crippen molar-refractivity contribution in [1.29, 1.82) is 0 Å². The lowest BCUT2D eigenvalue weighted by atomic mass is 9.96. The van der Waals surface area contributed by atoms with Crippen LogP contribution in [0.5, 0.6) is 0 Å². The first kappa shape index (κ1) is 11.9. The molecular weight excluding hydrogens is 274 g/mol. The van der Waals surface area contributed by atoms with Gasteiger partial charge in [-0.2, -0.15) is 4.98 Å². The number of nitrogens with zero attached hydrogens (tertiary/aromatic N) is 3. The summed E-state index contributed by atoms with van der Waals surface area (Å²) in [5.74, 6) is 0.854. The van der Waals surface area contributed by atoms with E-state index in [1.54, 1.807) is 11.3 Å². The van der Waals surface area contributed by atoms with Gasteiger partial charge >= 0.3 is 0 Å². The van der Waals surface area contributed by atoms with Crippen LogP contribution >= 0.6 is 11.3 Å². The summed E-state index contributed by atoms with van der Waals surface area (Å²) in [6.45, 7) is 0.744. The van der Waals surface area contributed by atoms with Crippen molar-refractivity contribution in [2.75, 3.05) is 12.3 Å². The summed E-state index contributed by atoms with van der Waals surface area (Å²) >= 11 is 1.79. The maximum atomic E-state index is 12.6. The van der Waals surface area contributed by atoms with E-state index in [-0.39, 0.29) is 23.7 Å². The van der Waals surface area contributed by atoms with Crippen molar-refractivity contribution < 1.29 is 4.79 Å². The second kappa shape index (κ2) is 4.31. The van der Waals surface area contributed by atoms with Crippen molar-refractivity contribution >= 4 is 23.2 Å². The standard InChI is InChI=1S/C13H15N5OS/c14-13-15-11(16-17-13)12(19)18-5-3-9-8(4-6-20-9)10(18)7-1-2-7/h4,6-7,10H,1-3,5H2,(H3,14,15,16,17). The average Bonchev–Trinajstić information content (AvgIpc) is 3.00. The average molecular weight is 289 g/mol. The maximum Gasteiger partial charge on any atom is 0.291 e. The van der Waals surface area contributed by atoms with Gasteiger partial charge in [-0.15, -0.1) is 16.4 Å². The van der Waals surface area contributed by atoms with Gasteiger partial charge in [0.15, 0.2) is 0 Å². The Morgan fingerprint density at radius 2 is 2.35 bits per heavy atom. The van der Waals surface area contributed by atoms with Crippen LogP contribution in [0.4, 0.5) is 5.95 Å². The van der Waals surface area contributed by atoms with Crippen LogP contribution < -0.4 is 5.73 Å². The van der Waals surface area contributed by atoms with Crippen LogP contribution in [0.15, 0.2) is 11.4 Å². The molecule has 6 nitrogen and oxygen atoms in total. The number of aromatic amines is 1. The minimum absolute atomic E-state index is 0.0945. The lowest BCUT2D eigenvalue weighted by Gasteiger charge is -2.35. The van der Waals surface area contributed by atoms with Gasteiger partial charge in [-0.25, -0.2) is 0 Å². The number of amides is 1. The Bertz CT molecular complexity index is 659. The molecule has 1 atom stereocenters. The van der Waals surface area contributed by atoms with Crippen LogP contribution in [-0.4, -0.2) is 32.5 Å². The first-order chi connectivity index (χ1) is 9.74. The molecule has 1 saturated carbocycles. The van der Waals surface area contributed by atoms with E-state index in [1.165, 1.54) is 23.3 Å². The second-order valence-electron chi connectivity index (χ2n) is 5.37. The molecule has 2 aliphatic rings. The van der Waals surface area contributed by atoms with E-state index in [9.17, 15) is 4.79 Å². The number of H-pyrrole nitrogens is 1. The van der Waals surface area contributed by atoms with Gasteiger partial charge in [-0.1, -0.05) is 0 Å². The fourth-order valence-corrected chi connectivity index (χ4v) is 3.91. The highest BCUT2D eigenvalue weighted by molar-refractivity contribution is 7.10. The lowest BCUT2D eigenvalue weighted by Crippen LogP contribution is -2.41. The Labute approximate surface area is 120 Å². The van der Waals surface area contributed by atoms with Gasteiger partial charge in [-0.3, -0.25) is 9.89 Å². The Morgan fingerprint density at radius 1 is 1.50 bits per heavy atom. The zero-order chi connectivity index (χ0) is 13.7. The van der Waals surface area contributed by atoms with Gasteiger partial charge in [0.2, 0.25) is 11.8 Å². The lowest BCUT2D eigenvalue weighted by molar-refractivity contribution is 0.0625. The van der Waals surface area contributed by atoms with Crippen LogP contribution in [0.1, 0.15) is 39.9 Å². The number of carbonyl (C=O) groups excluding carboxylic acids is 1. The molecule has 2 aromatic heterocycles. The summed E-state index contributed by atoms with van der Waals surface area (Å²) in [5.41, 5.74) is 6.81. The molecule has 4 rings (SSSR count). The third-order valence-electron chi connectivity index (χ3n) is 4.05. The maximum absolute atomic E-state index is 12.6. The van der Waals surface area contributed by atoms with E-state index in [2.05, 4.69) is 26.6 Å². The van der Waals surface area contributed by atoms with Crippen molar-refractivity contribution in [3.63, 3.8) is 0 Å². The first-order valence-corrected chi connectivity index (χ1v) is 7.67.